The Hall–Kier alpha value is -3.80. The number of amides is 2. The maximum absolute atomic E-state index is 13.1. The van der Waals surface area contributed by atoms with E-state index >= 15 is 0 Å². The molecular weight excluding hydrogens is 452 g/mol. The number of carbonyl (C=O) groups excluding carboxylic acids is 1. The number of hydrogen-bond donors (Lipinski definition) is 2. The first-order chi connectivity index (χ1) is 17.6. The van der Waals surface area contributed by atoms with E-state index in [0.29, 0.717) is 19.5 Å². The molecule has 1 aliphatic heterocycles. The lowest BCUT2D eigenvalue weighted by atomic mass is 10.0. The number of piperidine rings is 1. The van der Waals surface area contributed by atoms with Gasteiger partial charge in [0.05, 0.1) is 0 Å². The maximum atomic E-state index is 13.1. The van der Waals surface area contributed by atoms with Crippen LogP contribution in [0.5, 0.6) is 5.75 Å². The molecule has 2 fully saturated rings. The number of hydrogen-bond acceptors (Lipinski definition) is 3. The molecule has 0 aromatic heterocycles. The Morgan fingerprint density at radius 3 is 1.92 bits per heavy atom. The first-order valence-corrected chi connectivity index (χ1v) is 12.7. The molecule has 36 heavy (non-hydrogen) atoms. The van der Waals surface area contributed by atoms with E-state index in [0.717, 1.165) is 24.2 Å². The van der Waals surface area contributed by atoms with Crippen LogP contribution in [0.2, 0.25) is 0 Å². The third-order valence-electron chi connectivity index (χ3n) is 7.26. The predicted molar refractivity (Wildman–Crippen MR) is 138 cm³/mol. The third-order valence-corrected chi connectivity index (χ3v) is 7.26. The minimum absolute atomic E-state index is 0.000552. The Labute approximate surface area is 211 Å². The summed E-state index contributed by atoms with van der Waals surface area (Å²) in [6.07, 6.45) is 2.26. The number of carboxylic acid groups (broad SMARTS) is 1. The molecule has 0 radical (unpaired) electrons. The van der Waals surface area contributed by atoms with Gasteiger partial charge in [-0.05, 0) is 35.2 Å². The molecule has 2 amide bonds. The molecule has 0 bridgehead atoms. The van der Waals surface area contributed by atoms with E-state index in [1.807, 2.05) is 41.3 Å². The van der Waals surface area contributed by atoms with Gasteiger partial charge in [-0.3, -0.25) is 4.79 Å². The van der Waals surface area contributed by atoms with E-state index in [2.05, 4.69) is 53.8 Å². The van der Waals surface area contributed by atoms with Crippen molar-refractivity contribution in [3.05, 3.63) is 102 Å². The molecule has 3 atom stereocenters. The topological polar surface area (TPSA) is 78.9 Å². The second-order valence-corrected chi connectivity index (χ2v) is 9.69. The molecule has 1 saturated heterocycles. The molecule has 3 aromatic rings. The summed E-state index contributed by atoms with van der Waals surface area (Å²) in [6.45, 7) is 1.32. The zero-order valence-electron chi connectivity index (χ0n) is 20.3. The highest BCUT2D eigenvalue weighted by atomic mass is 16.5. The van der Waals surface area contributed by atoms with Gasteiger partial charge >= 0.3 is 12.0 Å². The van der Waals surface area contributed by atoms with Gasteiger partial charge in [0.25, 0.3) is 0 Å². The van der Waals surface area contributed by atoms with Crippen molar-refractivity contribution in [1.29, 1.82) is 0 Å². The number of nitrogens with one attached hydrogen (secondary N) is 1. The molecule has 1 heterocycles. The van der Waals surface area contributed by atoms with Crippen molar-refractivity contribution in [3.63, 3.8) is 0 Å². The highest BCUT2D eigenvalue weighted by Crippen LogP contribution is 2.54. The highest BCUT2D eigenvalue weighted by Gasteiger charge is 2.53. The lowest BCUT2D eigenvalue weighted by Crippen LogP contribution is -2.47. The second-order valence-electron chi connectivity index (χ2n) is 9.69. The monoisotopic (exact) mass is 484 g/mol. The van der Waals surface area contributed by atoms with E-state index in [1.54, 1.807) is 0 Å². The lowest BCUT2D eigenvalue weighted by Gasteiger charge is -2.32. The smallest absolute Gasteiger partial charge is 0.317 e. The van der Waals surface area contributed by atoms with Crippen LogP contribution in [0.3, 0.4) is 0 Å². The Morgan fingerprint density at radius 2 is 1.39 bits per heavy atom. The number of carbonyl (C=O) groups is 2. The molecule has 1 aliphatic carbocycles. The number of benzene rings is 3. The number of aryl methyl sites for hydroxylation is 1. The van der Waals surface area contributed by atoms with Gasteiger partial charge in [0, 0.05) is 50.2 Å². The van der Waals surface area contributed by atoms with Crippen LogP contribution in [0.4, 0.5) is 4.79 Å². The van der Waals surface area contributed by atoms with Crippen molar-refractivity contribution < 1.29 is 19.4 Å². The molecule has 2 aliphatic rings. The average molecular weight is 485 g/mol. The summed E-state index contributed by atoms with van der Waals surface area (Å²) in [5, 5.41) is 12.1. The van der Waals surface area contributed by atoms with Crippen molar-refractivity contribution in [2.45, 2.75) is 49.7 Å². The zero-order valence-corrected chi connectivity index (χ0v) is 20.3. The van der Waals surface area contributed by atoms with E-state index in [1.165, 1.54) is 11.1 Å². The van der Waals surface area contributed by atoms with Crippen LogP contribution >= 0.6 is 0 Å². The molecule has 0 spiro atoms. The fourth-order valence-corrected chi connectivity index (χ4v) is 5.26. The summed E-state index contributed by atoms with van der Waals surface area (Å²) in [6, 6.07) is 28.6. The standard InChI is InChI=1S/C30H32N2O4/c33-26(34)16-13-21-11-14-24(15-12-21)36-25-17-19-32(20-18-25)30(35)31-29-27(22-7-3-1-4-8-22)28(29)23-9-5-2-6-10-23/h1-12,14-15,25,27-29H,13,16-20H2,(H,31,35)(H,33,34)/t27-,28+,29?. The number of likely N-dealkylation sites (tertiary alicyclic amines) is 1. The van der Waals surface area contributed by atoms with Crippen LogP contribution in [-0.4, -0.2) is 47.2 Å². The maximum Gasteiger partial charge on any atom is 0.317 e. The average Bonchev–Trinajstić information content (AvgIpc) is 3.63. The molecule has 2 N–H and O–H groups in total. The highest BCUT2D eigenvalue weighted by molar-refractivity contribution is 5.76. The molecular formula is C30H32N2O4. The number of nitrogens with zero attached hydrogens (tertiary/aromatic N) is 1. The minimum Gasteiger partial charge on any atom is -0.490 e. The van der Waals surface area contributed by atoms with Gasteiger partial charge in [-0.25, -0.2) is 4.79 Å². The summed E-state index contributed by atoms with van der Waals surface area (Å²) in [5.41, 5.74) is 3.51. The van der Waals surface area contributed by atoms with Crippen molar-refractivity contribution in [3.8, 4) is 5.75 Å². The third kappa shape index (κ3) is 5.70. The van der Waals surface area contributed by atoms with Gasteiger partial charge in [0.2, 0.25) is 0 Å². The normalized spacial score (nSPS) is 21.6. The van der Waals surface area contributed by atoms with Crippen molar-refractivity contribution in [2.75, 3.05) is 13.1 Å². The Morgan fingerprint density at radius 1 is 0.833 bits per heavy atom. The minimum atomic E-state index is -0.793. The van der Waals surface area contributed by atoms with Gasteiger partial charge < -0.3 is 20.1 Å². The van der Waals surface area contributed by atoms with Crippen LogP contribution in [0.25, 0.3) is 0 Å². The fraction of sp³-hybridized carbons (Fsp3) is 0.333. The Kier molecular flexibility index (Phi) is 7.21. The number of ether oxygens (including phenoxy) is 1. The van der Waals surface area contributed by atoms with E-state index < -0.39 is 5.97 Å². The fourth-order valence-electron chi connectivity index (χ4n) is 5.26. The molecule has 3 aromatic carbocycles. The molecule has 186 valence electrons. The largest absolute Gasteiger partial charge is 0.490 e. The quantitative estimate of drug-likeness (QED) is 0.460. The van der Waals surface area contributed by atoms with Crippen LogP contribution in [-0.2, 0) is 11.2 Å². The molecule has 1 saturated carbocycles. The molecule has 5 rings (SSSR count). The first-order valence-electron chi connectivity index (χ1n) is 12.7. The van der Waals surface area contributed by atoms with E-state index in [4.69, 9.17) is 9.84 Å². The number of urea groups is 1. The Bertz CT molecular complexity index is 1110. The summed E-state index contributed by atoms with van der Waals surface area (Å²) in [7, 11) is 0. The van der Waals surface area contributed by atoms with Gasteiger partial charge in [-0.15, -0.1) is 0 Å². The zero-order chi connectivity index (χ0) is 24.9. The van der Waals surface area contributed by atoms with Gasteiger partial charge in [0.15, 0.2) is 0 Å². The van der Waals surface area contributed by atoms with Crippen molar-refractivity contribution in [2.24, 2.45) is 0 Å². The van der Waals surface area contributed by atoms with Gasteiger partial charge in [-0.1, -0.05) is 72.8 Å². The Balaban J connectivity index is 1.13. The summed E-state index contributed by atoms with van der Waals surface area (Å²) in [4.78, 5) is 25.8. The van der Waals surface area contributed by atoms with Crippen molar-refractivity contribution >= 4 is 12.0 Å². The van der Waals surface area contributed by atoms with Gasteiger partial charge in [-0.2, -0.15) is 0 Å². The molecule has 1 unspecified atom stereocenters. The van der Waals surface area contributed by atoms with Gasteiger partial charge in [0.1, 0.15) is 11.9 Å². The van der Waals surface area contributed by atoms with E-state index in [9.17, 15) is 9.59 Å². The number of carboxylic acids is 1. The molecule has 6 heteroatoms. The lowest BCUT2D eigenvalue weighted by molar-refractivity contribution is -0.136. The van der Waals surface area contributed by atoms with Crippen LogP contribution in [0, 0.1) is 0 Å². The van der Waals surface area contributed by atoms with Crippen LogP contribution in [0.15, 0.2) is 84.9 Å². The van der Waals surface area contributed by atoms with Crippen LogP contribution in [0.1, 0.15) is 47.8 Å². The van der Waals surface area contributed by atoms with Crippen LogP contribution < -0.4 is 10.1 Å². The van der Waals surface area contributed by atoms with Crippen molar-refractivity contribution in [1.82, 2.24) is 10.2 Å². The predicted octanol–water partition coefficient (Wildman–Crippen LogP) is 5.21. The summed E-state index contributed by atoms with van der Waals surface area (Å²) < 4.78 is 6.13. The first kappa shape index (κ1) is 23.9. The second kappa shape index (κ2) is 10.9. The van der Waals surface area contributed by atoms with E-state index in [-0.39, 0.29) is 36.4 Å². The number of aliphatic carboxylic acids is 1. The SMILES string of the molecule is O=C(O)CCc1ccc(OC2CCN(C(=O)NC3[C@@H](c4ccccc4)[C@H]3c3ccccc3)CC2)cc1. The molecule has 6 nitrogen and oxygen atoms in total. The summed E-state index contributed by atoms with van der Waals surface area (Å²) >= 11 is 0. The summed E-state index contributed by atoms with van der Waals surface area (Å²) in [5.74, 6) is 0.569. The number of rotatable bonds is 8.